The maximum atomic E-state index is 7.18. The summed E-state index contributed by atoms with van der Waals surface area (Å²) in [4.78, 5) is 4.08. The Kier molecular flexibility index (Phi) is 1.16. The van der Waals surface area contributed by atoms with E-state index in [4.69, 9.17) is 4.11 Å². The molecule has 1 nitrogen and oxygen atoms in total. The Bertz CT molecular complexity index is 291. The summed E-state index contributed by atoms with van der Waals surface area (Å²) < 4.78 is 21.5. The topological polar surface area (TPSA) is 12.9 Å². The molecule has 1 aromatic rings. The Hall–Kier alpha value is -0.850. The maximum Gasteiger partial charge on any atom is 0.0432 e. The van der Waals surface area contributed by atoms with Crippen LogP contribution in [0.25, 0.3) is 0 Å². The number of aromatic nitrogens is 1. The van der Waals surface area contributed by atoms with Gasteiger partial charge in [0.2, 0.25) is 0 Å². The molecule has 0 fully saturated rings. The van der Waals surface area contributed by atoms with Crippen molar-refractivity contribution >= 4 is 0 Å². The maximum absolute atomic E-state index is 7.18. The third kappa shape index (κ3) is 1.56. The predicted octanol–water partition coefficient (Wildman–Crippen LogP) is 2.51. The fraction of sp³-hybridized carbons (Fsp3) is 0.444. The second-order valence-corrected chi connectivity index (χ2v) is 2.60. The summed E-state index contributed by atoms with van der Waals surface area (Å²) >= 11 is 0. The number of aryl methyl sites for hydroxylation is 1. The molecule has 0 aliphatic heterocycles. The van der Waals surface area contributed by atoms with Crippen LogP contribution >= 0.6 is 0 Å². The van der Waals surface area contributed by atoms with Crippen LogP contribution in [-0.2, 0) is 0 Å². The normalized spacial score (nSPS) is 16.1. The van der Waals surface area contributed by atoms with E-state index in [2.05, 4.69) is 4.98 Å². The summed E-state index contributed by atoms with van der Waals surface area (Å²) in [7, 11) is 0. The van der Waals surface area contributed by atoms with E-state index in [1.54, 1.807) is 12.1 Å². The van der Waals surface area contributed by atoms with Crippen molar-refractivity contribution < 1.29 is 4.11 Å². The third-order valence-electron chi connectivity index (χ3n) is 1.36. The number of nitrogens with zero attached hydrogens (tertiary/aromatic N) is 1. The predicted molar refractivity (Wildman–Crippen MR) is 43.1 cm³/mol. The van der Waals surface area contributed by atoms with E-state index in [1.807, 2.05) is 19.9 Å². The van der Waals surface area contributed by atoms with Crippen LogP contribution in [0.5, 0.6) is 0 Å². The van der Waals surface area contributed by atoms with Crippen molar-refractivity contribution in [2.75, 3.05) is 0 Å². The largest absolute Gasteiger partial charge is 0.258 e. The van der Waals surface area contributed by atoms with Crippen molar-refractivity contribution in [3.05, 3.63) is 29.6 Å². The zero-order valence-electron chi connectivity index (χ0n) is 9.26. The van der Waals surface area contributed by atoms with Crippen LogP contribution in [-0.4, -0.2) is 4.98 Å². The summed E-state index contributed by atoms with van der Waals surface area (Å²) in [6.07, 6.45) is 0. The molecule has 0 spiro atoms. The van der Waals surface area contributed by atoms with Crippen LogP contribution in [0.3, 0.4) is 0 Å². The number of rotatable bonds is 1. The minimum Gasteiger partial charge on any atom is -0.258 e. The van der Waals surface area contributed by atoms with Gasteiger partial charge in [0.05, 0.1) is 0 Å². The van der Waals surface area contributed by atoms with Crippen molar-refractivity contribution in [3.8, 4) is 0 Å². The van der Waals surface area contributed by atoms with Gasteiger partial charge in [0, 0.05) is 15.5 Å². The van der Waals surface area contributed by atoms with Gasteiger partial charge in [0.1, 0.15) is 0 Å². The Morgan fingerprint density at radius 3 is 2.90 bits per heavy atom. The second-order valence-electron chi connectivity index (χ2n) is 2.60. The van der Waals surface area contributed by atoms with Crippen molar-refractivity contribution in [2.45, 2.75) is 26.6 Å². The average Bonchev–Trinajstić information content (AvgIpc) is 2.03. The molecule has 54 valence electrons. The van der Waals surface area contributed by atoms with Gasteiger partial charge in [-0.2, -0.15) is 0 Å². The highest BCUT2D eigenvalue weighted by molar-refractivity contribution is 5.12. The van der Waals surface area contributed by atoms with Crippen LogP contribution in [0.4, 0.5) is 0 Å². The minimum atomic E-state index is -2.09. The quantitative estimate of drug-likeness (QED) is 0.581. The summed E-state index contributed by atoms with van der Waals surface area (Å²) in [5.74, 6) is 0.266. The molecule has 10 heavy (non-hydrogen) atoms. The van der Waals surface area contributed by atoms with Crippen LogP contribution < -0.4 is 0 Å². The molecule has 1 aromatic heterocycles. The Labute approximate surface area is 66.3 Å². The fourth-order valence-electron chi connectivity index (χ4n) is 0.773. The molecule has 0 amide bonds. The Morgan fingerprint density at radius 1 is 1.50 bits per heavy atom. The number of pyridine rings is 1. The molecule has 0 N–H and O–H groups in total. The molecule has 0 saturated carbocycles. The van der Waals surface area contributed by atoms with Gasteiger partial charge in [-0.3, -0.25) is 4.98 Å². The van der Waals surface area contributed by atoms with Gasteiger partial charge in [-0.1, -0.05) is 19.9 Å². The fourth-order valence-corrected chi connectivity index (χ4v) is 0.773. The third-order valence-corrected chi connectivity index (χ3v) is 1.36. The van der Waals surface area contributed by atoms with Crippen LogP contribution in [0.15, 0.2) is 18.2 Å². The smallest absolute Gasteiger partial charge is 0.0432 e. The van der Waals surface area contributed by atoms with Gasteiger partial charge in [-0.05, 0) is 24.9 Å². The van der Waals surface area contributed by atoms with Gasteiger partial charge in [0.15, 0.2) is 0 Å². The van der Waals surface area contributed by atoms with Gasteiger partial charge < -0.3 is 0 Å². The Balaban J connectivity index is 3.06. The van der Waals surface area contributed by atoms with Crippen LogP contribution in [0.2, 0.25) is 0 Å². The zero-order chi connectivity index (χ0) is 10.1. The van der Waals surface area contributed by atoms with Crippen molar-refractivity contribution in [1.82, 2.24) is 4.98 Å². The molecular weight excluding hydrogens is 122 g/mol. The molecule has 0 bridgehead atoms. The highest BCUT2D eigenvalue weighted by Crippen LogP contribution is 2.10. The Morgan fingerprint density at radius 2 is 2.30 bits per heavy atom. The summed E-state index contributed by atoms with van der Waals surface area (Å²) in [6.45, 7) is 1.89. The molecule has 0 aromatic carbocycles. The molecule has 1 heterocycles. The zero-order valence-corrected chi connectivity index (χ0v) is 6.26. The summed E-state index contributed by atoms with van der Waals surface area (Å²) in [5.41, 5.74) is 1.01. The van der Waals surface area contributed by atoms with E-state index in [9.17, 15) is 0 Å². The lowest BCUT2D eigenvalue weighted by Crippen LogP contribution is -1.92. The highest BCUT2D eigenvalue weighted by atomic mass is 14.7. The molecule has 0 unspecified atom stereocenters. The lowest BCUT2D eigenvalue weighted by Gasteiger charge is -2.03. The van der Waals surface area contributed by atoms with Crippen LogP contribution in [0.1, 0.15) is 35.3 Å². The van der Waals surface area contributed by atoms with E-state index in [1.165, 1.54) is 0 Å². The second kappa shape index (κ2) is 2.82. The van der Waals surface area contributed by atoms with Crippen molar-refractivity contribution in [2.24, 2.45) is 0 Å². The van der Waals surface area contributed by atoms with Gasteiger partial charge in [0.25, 0.3) is 0 Å². The van der Waals surface area contributed by atoms with Gasteiger partial charge in [-0.15, -0.1) is 0 Å². The number of hydrogen-bond acceptors (Lipinski definition) is 1. The van der Waals surface area contributed by atoms with E-state index >= 15 is 0 Å². The highest BCUT2D eigenvalue weighted by Gasteiger charge is 1.97. The SMILES string of the molecule is [2H]C([2H])([2H])c1cccc(C(C)C)n1. The van der Waals surface area contributed by atoms with E-state index in [0.717, 1.165) is 5.69 Å². The first-order valence-corrected chi connectivity index (χ1v) is 3.38. The van der Waals surface area contributed by atoms with E-state index < -0.39 is 6.85 Å². The molecular formula is C9H13N. The first-order chi connectivity index (χ1) is 5.91. The first kappa shape index (κ1) is 4.12. The van der Waals surface area contributed by atoms with Gasteiger partial charge >= 0.3 is 0 Å². The number of hydrogen-bond donors (Lipinski definition) is 0. The van der Waals surface area contributed by atoms with Crippen LogP contribution in [0, 0.1) is 6.85 Å². The lowest BCUT2D eigenvalue weighted by molar-refractivity contribution is 0.815. The molecule has 1 heteroatoms. The molecule has 0 saturated heterocycles. The van der Waals surface area contributed by atoms with Crippen molar-refractivity contribution in [3.63, 3.8) is 0 Å². The lowest BCUT2D eigenvalue weighted by atomic mass is 10.1. The van der Waals surface area contributed by atoms with E-state index in [-0.39, 0.29) is 11.6 Å². The average molecular weight is 138 g/mol. The minimum absolute atomic E-state index is 0.179. The van der Waals surface area contributed by atoms with E-state index in [0.29, 0.717) is 0 Å². The monoisotopic (exact) mass is 138 g/mol. The van der Waals surface area contributed by atoms with Gasteiger partial charge in [-0.25, -0.2) is 0 Å². The molecule has 0 atom stereocenters. The molecule has 0 radical (unpaired) electrons. The summed E-state index contributed by atoms with van der Waals surface area (Å²) in [5, 5.41) is 0. The first-order valence-electron chi connectivity index (χ1n) is 4.88. The van der Waals surface area contributed by atoms with Crippen molar-refractivity contribution in [1.29, 1.82) is 0 Å². The summed E-state index contributed by atoms with van der Waals surface area (Å²) in [6, 6.07) is 5.13. The molecule has 0 aliphatic rings. The molecule has 0 aliphatic carbocycles. The standard InChI is InChI=1S/C9H13N/c1-7(2)9-6-4-5-8(3)10-9/h4-7H,1-3H3/i3D3. The molecule has 1 rings (SSSR count).